The number of nitrogens with zero attached hydrogens (tertiary/aromatic N) is 1. The van der Waals surface area contributed by atoms with Crippen LogP contribution in [0.4, 0.5) is 10.1 Å². The molecule has 2 aromatic rings. The molecule has 104 valence electrons. The van der Waals surface area contributed by atoms with Crippen molar-refractivity contribution in [2.24, 2.45) is 0 Å². The minimum absolute atomic E-state index is 0.131. The van der Waals surface area contributed by atoms with Crippen LogP contribution in [-0.4, -0.2) is 17.9 Å². The van der Waals surface area contributed by atoms with Crippen LogP contribution in [0.1, 0.15) is 15.9 Å². The van der Waals surface area contributed by atoms with Crippen LogP contribution in [0, 0.1) is 5.82 Å². The number of benzene rings is 2. The molecule has 0 spiro atoms. The Balaban J connectivity index is 2.11. The number of nitrogens with two attached hydrogens (primary N) is 1. The van der Waals surface area contributed by atoms with Crippen LogP contribution in [0.25, 0.3) is 0 Å². The van der Waals surface area contributed by atoms with E-state index in [1.807, 2.05) is 0 Å². The molecule has 1 amide bonds. The third-order valence-electron chi connectivity index (χ3n) is 2.92. The lowest BCUT2D eigenvalue weighted by molar-refractivity contribution is 0.0785. The average Bonchev–Trinajstić information content (AvgIpc) is 2.43. The van der Waals surface area contributed by atoms with Crippen LogP contribution in [0.3, 0.4) is 0 Å². The third kappa shape index (κ3) is 3.36. The maximum Gasteiger partial charge on any atom is 0.253 e. The minimum Gasteiger partial charge on any atom is -0.398 e. The Morgan fingerprint density at radius 2 is 1.90 bits per heavy atom. The molecule has 2 aromatic carbocycles. The molecule has 0 radical (unpaired) electrons. The van der Waals surface area contributed by atoms with Gasteiger partial charge in [0.05, 0.1) is 0 Å². The molecule has 5 heteroatoms. The van der Waals surface area contributed by atoms with E-state index in [0.717, 1.165) is 10.0 Å². The molecule has 0 saturated carbocycles. The highest BCUT2D eigenvalue weighted by molar-refractivity contribution is 9.10. The maximum atomic E-state index is 12.8. The molecule has 0 atom stereocenters. The Labute approximate surface area is 125 Å². The zero-order chi connectivity index (χ0) is 14.7. The summed E-state index contributed by atoms with van der Waals surface area (Å²) in [5.74, 6) is -0.420. The summed E-state index contributed by atoms with van der Waals surface area (Å²) >= 11 is 3.29. The molecular weight excluding hydrogens is 323 g/mol. The first kappa shape index (κ1) is 14.5. The van der Waals surface area contributed by atoms with Crippen LogP contribution in [-0.2, 0) is 6.54 Å². The molecule has 0 aromatic heterocycles. The zero-order valence-corrected chi connectivity index (χ0v) is 12.5. The summed E-state index contributed by atoms with van der Waals surface area (Å²) in [6.07, 6.45) is 0. The van der Waals surface area contributed by atoms with E-state index in [1.54, 1.807) is 42.3 Å². The lowest BCUT2D eigenvalue weighted by Gasteiger charge is -2.17. The topological polar surface area (TPSA) is 46.3 Å². The molecule has 0 aliphatic carbocycles. The molecule has 3 nitrogen and oxygen atoms in total. The molecule has 2 N–H and O–H groups in total. The van der Waals surface area contributed by atoms with E-state index in [0.29, 0.717) is 17.8 Å². The standard InChI is InChI=1S/C15H14BrFN2O/c1-19(9-10-2-5-12(17)6-3-10)15(20)11-4-7-13(16)14(18)8-11/h2-8H,9,18H2,1H3. The highest BCUT2D eigenvalue weighted by Gasteiger charge is 2.13. The molecule has 0 unspecified atom stereocenters. The summed E-state index contributed by atoms with van der Waals surface area (Å²) in [5, 5.41) is 0. The van der Waals surface area contributed by atoms with E-state index >= 15 is 0 Å². The van der Waals surface area contributed by atoms with Crippen LogP contribution in [0.2, 0.25) is 0 Å². The van der Waals surface area contributed by atoms with Gasteiger partial charge in [-0.25, -0.2) is 4.39 Å². The summed E-state index contributed by atoms with van der Waals surface area (Å²) < 4.78 is 13.6. The first-order chi connectivity index (χ1) is 9.47. The molecule has 2 rings (SSSR count). The van der Waals surface area contributed by atoms with Gasteiger partial charge in [0.15, 0.2) is 0 Å². The molecule has 0 aliphatic rings. The Morgan fingerprint density at radius 3 is 2.50 bits per heavy atom. The van der Waals surface area contributed by atoms with Crippen molar-refractivity contribution in [2.45, 2.75) is 6.54 Å². The fraction of sp³-hybridized carbons (Fsp3) is 0.133. The van der Waals surface area contributed by atoms with Crippen molar-refractivity contribution in [3.8, 4) is 0 Å². The van der Waals surface area contributed by atoms with Gasteiger partial charge in [-0.1, -0.05) is 12.1 Å². The molecule has 0 fully saturated rings. The zero-order valence-electron chi connectivity index (χ0n) is 10.9. The Morgan fingerprint density at radius 1 is 1.25 bits per heavy atom. The van der Waals surface area contributed by atoms with E-state index < -0.39 is 0 Å². The predicted octanol–water partition coefficient (Wildman–Crippen LogP) is 3.44. The summed E-state index contributed by atoms with van der Waals surface area (Å²) in [6, 6.07) is 11.2. The van der Waals surface area contributed by atoms with Crippen molar-refractivity contribution in [3.05, 3.63) is 63.9 Å². The van der Waals surface area contributed by atoms with Gasteiger partial charge in [-0.3, -0.25) is 4.79 Å². The Kier molecular flexibility index (Phi) is 4.39. The maximum absolute atomic E-state index is 12.8. The van der Waals surface area contributed by atoms with E-state index in [2.05, 4.69) is 15.9 Å². The molecule has 20 heavy (non-hydrogen) atoms. The average molecular weight is 337 g/mol. The van der Waals surface area contributed by atoms with Crippen LogP contribution in [0.15, 0.2) is 46.9 Å². The Bertz CT molecular complexity index is 628. The number of carbonyl (C=O) groups excluding carboxylic acids is 1. The molecule has 0 heterocycles. The number of hydrogen-bond donors (Lipinski definition) is 1. The Hall–Kier alpha value is -1.88. The largest absolute Gasteiger partial charge is 0.398 e. The molecule has 0 bridgehead atoms. The monoisotopic (exact) mass is 336 g/mol. The number of anilines is 1. The van der Waals surface area contributed by atoms with Crippen molar-refractivity contribution in [3.63, 3.8) is 0 Å². The number of nitrogen functional groups attached to an aromatic ring is 1. The van der Waals surface area contributed by atoms with Gasteiger partial charge in [0.2, 0.25) is 0 Å². The quantitative estimate of drug-likeness (QED) is 0.872. The van der Waals surface area contributed by atoms with Gasteiger partial charge in [-0.05, 0) is 51.8 Å². The van der Waals surface area contributed by atoms with Gasteiger partial charge in [-0.15, -0.1) is 0 Å². The second-order valence-corrected chi connectivity index (χ2v) is 5.38. The second-order valence-electron chi connectivity index (χ2n) is 4.52. The second kappa shape index (κ2) is 6.05. The lowest BCUT2D eigenvalue weighted by atomic mass is 10.1. The number of hydrogen-bond acceptors (Lipinski definition) is 2. The molecular formula is C15H14BrFN2O. The van der Waals surface area contributed by atoms with Gasteiger partial charge in [0, 0.05) is 29.3 Å². The van der Waals surface area contributed by atoms with Gasteiger partial charge in [0.25, 0.3) is 5.91 Å². The van der Waals surface area contributed by atoms with E-state index in [9.17, 15) is 9.18 Å². The number of carbonyl (C=O) groups is 1. The summed E-state index contributed by atoms with van der Waals surface area (Å²) in [5.41, 5.74) is 7.68. The van der Waals surface area contributed by atoms with E-state index in [-0.39, 0.29) is 11.7 Å². The first-order valence-corrected chi connectivity index (χ1v) is 6.81. The summed E-state index contributed by atoms with van der Waals surface area (Å²) in [7, 11) is 1.70. The smallest absolute Gasteiger partial charge is 0.253 e. The molecule has 0 aliphatic heterocycles. The van der Waals surface area contributed by atoms with E-state index in [4.69, 9.17) is 5.73 Å². The van der Waals surface area contributed by atoms with Crippen molar-refractivity contribution in [1.82, 2.24) is 4.90 Å². The third-order valence-corrected chi connectivity index (χ3v) is 3.64. The van der Waals surface area contributed by atoms with Crippen molar-refractivity contribution < 1.29 is 9.18 Å². The lowest BCUT2D eigenvalue weighted by Crippen LogP contribution is -2.26. The van der Waals surface area contributed by atoms with Crippen LogP contribution >= 0.6 is 15.9 Å². The van der Waals surface area contributed by atoms with Crippen molar-refractivity contribution in [2.75, 3.05) is 12.8 Å². The fourth-order valence-electron chi connectivity index (χ4n) is 1.83. The number of amides is 1. The minimum atomic E-state index is -0.289. The SMILES string of the molecule is CN(Cc1ccc(F)cc1)C(=O)c1ccc(Br)c(N)c1. The summed E-state index contributed by atoms with van der Waals surface area (Å²) in [6.45, 7) is 0.412. The van der Waals surface area contributed by atoms with Crippen LogP contribution in [0.5, 0.6) is 0 Å². The van der Waals surface area contributed by atoms with Gasteiger partial charge < -0.3 is 10.6 Å². The van der Waals surface area contributed by atoms with Crippen LogP contribution < -0.4 is 5.73 Å². The van der Waals surface area contributed by atoms with E-state index in [1.165, 1.54) is 12.1 Å². The fourth-order valence-corrected chi connectivity index (χ4v) is 2.08. The van der Waals surface area contributed by atoms with Gasteiger partial charge in [0.1, 0.15) is 5.82 Å². The molecule has 0 saturated heterocycles. The highest BCUT2D eigenvalue weighted by atomic mass is 79.9. The predicted molar refractivity (Wildman–Crippen MR) is 80.8 cm³/mol. The summed E-state index contributed by atoms with van der Waals surface area (Å²) in [4.78, 5) is 13.8. The normalized spacial score (nSPS) is 10.3. The first-order valence-electron chi connectivity index (χ1n) is 6.02. The highest BCUT2D eigenvalue weighted by Crippen LogP contribution is 2.21. The number of rotatable bonds is 3. The van der Waals surface area contributed by atoms with Crippen molar-refractivity contribution in [1.29, 1.82) is 0 Å². The van der Waals surface area contributed by atoms with Gasteiger partial charge >= 0.3 is 0 Å². The number of halogens is 2. The van der Waals surface area contributed by atoms with Crippen molar-refractivity contribution >= 4 is 27.5 Å². The van der Waals surface area contributed by atoms with Gasteiger partial charge in [-0.2, -0.15) is 0 Å².